The molecular formula is C16H12N2O3. The van der Waals surface area contributed by atoms with Gasteiger partial charge in [0, 0.05) is 16.8 Å². The van der Waals surface area contributed by atoms with E-state index in [9.17, 15) is 15.3 Å². The maximum Gasteiger partial charge on any atom is 0.135 e. The SMILES string of the molecule is Oc1cc2c(c3c(O)c4ccccc4c(O)c13)=NCCN=2. The van der Waals surface area contributed by atoms with E-state index in [0.29, 0.717) is 40.0 Å². The van der Waals surface area contributed by atoms with Crippen LogP contribution in [-0.2, 0) is 0 Å². The molecule has 0 saturated heterocycles. The van der Waals surface area contributed by atoms with Gasteiger partial charge < -0.3 is 15.3 Å². The van der Waals surface area contributed by atoms with Gasteiger partial charge >= 0.3 is 0 Å². The lowest BCUT2D eigenvalue weighted by Crippen LogP contribution is -2.30. The van der Waals surface area contributed by atoms with Crippen molar-refractivity contribution in [1.82, 2.24) is 0 Å². The van der Waals surface area contributed by atoms with Crippen molar-refractivity contribution in [2.45, 2.75) is 0 Å². The predicted octanol–water partition coefficient (Wildman–Crippen LogP) is 1.36. The molecule has 4 rings (SSSR count). The van der Waals surface area contributed by atoms with E-state index in [2.05, 4.69) is 9.98 Å². The van der Waals surface area contributed by atoms with Gasteiger partial charge in [-0.25, -0.2) is 0 Å². The van der Waals surface area contributed by atoms with Crippen LogP contribution in [0.25, 0.3) is 21.5 Å². The minimum Gasteiger partial charge on any atom is -0.507 e. The largest absolute Gasteiger partial charge is 0.507 e. The Morgan fingerprint density at radius 3 is 2.14 bits per heavy atom. The number of fused-ring (bicyclic) bond motifs is 4. The van der Waals surface area contributed by atoms with Crippen molar-refractivity contribution >= 4 is 21.5 Å². The molecule has 1 aliphatic heterocycles. The molecule has 21 heavy (non-hydrogen) atoms. The van der Waals surface area contributed by atoms with Crippen LogP contribution in [0, 0.1) is 0 Å². The number of phenols is 3. The van der Waals surface area contributed by atoms with Crippen molar-refractivity contribution < 1.29 is 15.3 Å². The summed E-state index contributed by atoms with van der Waals surface area (Å²) in [5.41, 5.74) is 0. The van der Waals surface area contributed by atoms with Gasteiger partial charge in [-0.1, -0.05) is 24.3 Å². The zero-order chi connectivity index (χ0) is 14.6. The molecule has 104 valence electrons. The van der Waals surface area contributed by atoms with Crippen LogP contribution in [0.4, 0.5) is 0 Å². The smallest absolute Gasteiger partial charge is 0.135 e. The van der Waals surface area contributed by atoms with Gasteiger partial charge in [0.1, 0.15) is 17.2 Å². The molecule has 0 amide bonds. The lowest BCUT2D eigenvalue weighted by atomic mass is 9.99. The van der Waals surface area contributed by atoms with Crippen LogP contribution in [0.3, 0.4) is 0 Å². The lowest BCUT2D eigenvalue weighted by Gasteiger charge is -2.12. The second kappa shape index (κ2) is 4.09. The van der Waals surface area contributed by atoms with Crippen LogP contribution in [0.5, 0.6) is 17.2 Å². The van der Waals surface area contributed by atoms with Crippen LogP contribution in [0.1, 0.15) is 0 Å². The second-order valence-electron chi connectivity index (χ2n) is 5.02. The van der Waals surface area contributed by atoms with E-state index >= 15 is 0 Å². The average molecular weight is 280 g/mol. The van der Waals surface area contributed by atoms with E-state index in [1.165, 1.54) is 6.07 Å². The zero-order valence-electron chi connectivity index (χ0n) is 11.0. The Labute approximate surface area is 119 Å². The third-order valence-corrected chi connectivity index (χ3v) is 3.82. The Morgan fingerprint density at radius 2 is 1.43 bits per heavy atom. The molecule has 0 aromatic heterocycles. The van der Waals surface area contributed by atoms with E-state index < -0.39 is 0 Å². The summed E-state index contributed by atoms with van der Waals surface area (Å²) in [6.45, 7) is 1.08. The first-order valence-electron chi connectivity index (χ1n) is 6.66. The van der Waals surface area contributed by atoms with Gasteiger partial charge in [-0.3, -0.25) is 9.98 Å². The first-order valence-corrected chi connectivity index (χ1v) is 6.66. The molecule has 0 atom stereocenters. The molecule has 0 radical (unpaired) electrons. The Bertz CT molecular complexity index is 1030. The highest BCUT2D eigenvalue weighted by Crippen LogP contribution is 2.42. The van der Waals surface area contributed by atoms with Crippen molar-refractivity contribution in [3.63, 3.8) is 0 Å². The molecule has 0 spiro atoms. The van der Waals surface area contributed by atoms with Crippen molar-refractivity contribution in [1.29, 1.82) is 0 Å². The number of nitrogens with zero attached hydrogens (tertiary/aromatic N) is 2. The lowest BCUT2D eigenvalue weighted by molar-refractivity contribution is 0.462. The molecule has 5 heteroatoms. The maximum atomic E-state index is 10.6. The van der Waals surface area contributed by atoms with Crippen molar-refractivity contribution in [3.8, 4) is 17.2 Å². The fourth-order valence-corrected chi connectivity index (χ4v) is 2.89. The zero-order valence-corrected chi connectivity index (χ0v) is 11.0. The van der Waals surface area contributed by atoms with Crippen LogP contribution >= 0.6 is 0 Å². The third-order valence-electron chi connectivity index (χ3n) is 3.82. The van der Waals surface area contributed by atoms with Crippen molar-refractivity contribution in [2.75, 3.05) is 13.1 Å². The van der Waals surface area contributed by atoms with Crippen LogP contribution < -0.4 is 10.7 Å². The first-order chi connectivity index (χ1) is 10.2. The van der Waals surface area contributed by atoms with Crippen molar-refractivity contribution in [2.24, 2.45) is 9.98 Å². The molecular weight excluding hydrogens is 268 g/mol. The fraction of sp³-hybridized carbons (Fsp3) is 0.125. The van der Waals surface area contributed by atoms with E-state index in [0.717, 1.165) is 0 Å². The van der Waals surface area contributed by atoms with Gasteiger partial charge in [0.25, 0.3) is 0 Å². The molecule has 0 bridgehead atoms. The maximum absolute atomic E-state index is 10.6. The normalized spacial score (nSPS) is 13.7. The molecule has 5 nitrogen and oxygen atoms in total. The number of aromatic hydroxyl groups is 3. The van der Waals surface area contributed by atoms with Crippen LogP contribution in [0.2, 0.25) is 0 Å². The molecule has 3 aromatic carbocycles. The molecule has 0 saturated carbocycles. The Balaban J connectivity index is 2.42. The Morgan fingerprint density at radius 1 is 0.810 bits per heavy atom. The number of hydrogen-bond donors (Lipinski definition) is 3. The van der Waals surface area contributed by atoms with Gasteiger partial charge in [-0.2, -0.15) is 0 Å². The Kier molecular flexibility index (Phi) is 2.33. The van der Waals surface area contributed by atoms with E-state index in [4.69, 9.17) is 0 Å². The average Bonchev–Trinajstić information content (AvgIpc) is 2.51. The highest BCUT2D eigenvalue weighted by atomic mass is 16.3. The summed E-state index contributed by atoms with van der Waals surface area (Å²) in [5, 5.41) is 33.9. The summed E-state index contributed by atoms with van der Waals surface area (Å²) in [6, 6.07) is 8.45. The molecule has 0 unspecified atom stereocenters. The highest BCUT2D eigenvalue weighted by molar-refractivity contribution is 6.12. The monoisotopic (exact) mass is 280 g/mol. The number of hydrogen-bond acceptors (Lipinski definition) is 5. The molecule has 3 N–H and O–H groups in total. The topological polar surface area (TPSA) is 85.4 Å². The summed E-state index contributed by atoms with van der Waals surface area (Å²) in [5.74, 6) is -0.158. The van der Waals surface area contributed by atoms with Crippen molar-refractivity contribution in [3.05, 3.63) is 41.0 Å². The van der Waals surface area contributed by atoms with Gasteiger partial charge in [-0.15, -0.1) is 0 Å². The summed E-state index contributed by atoms with van der Waals surface area (Å²) in [7, 11) is 0. The van der Waals surface area contributed by atoms with Crippen LogP contribution in [0.15, 0.2) is 40.3 Å². The number of benzene rings is 3. The minimum atomic E-state index is -0.108. The summed E-state index contributed by atoms with van der Waals surface area (Å²) < 4.78 is 0. The first kappa shape index (κ1) is 12.0. The van der Waals surface area contributed by atoms with Gasteiger partial charge in [0.2, 0.25) is 0 Å². The number of rotatable bonds is 0. The summed E-state index contributed by atoms with van der Waals surface area (Å²) >= 11 is 0. The summed E-state index contributed by atoms with van der Waals surface area (Å²) in [4.78, 5) is 8.70. The molecule has 1 heterocycles. The highest BCUT2D eigenvalue weighted by Gasteiger charge is 2.18. The quantitative estimate of drug-likeness (QED) is 0.429. The fourth-order valence-electron chi connectivity index (χ4n) is 2.89. The van der Waals surface area contributed by atoms with E-state index in [1.54, 1.807) is 24.3 Å². The van der Waals surface area contributed by atoms with Gasteiger partial charge in [-0.05, 0) is 0 Å². The molecule has 1 aliphatic rings. The molecule has 0 fully saturated rings. The van der Waals surface area contributed by atoms with Crippen LogP contribution in [-0.4, -0.2) is 28.4 Å². The third kappa shape index (κ3) is 1.51. The summed E-state index contributed by atoms with van der Waals surface area (Å²) in [6.07, 6.45) is 0. The second-order valence-corrected chi connectivity index (χ2v) is 5.02. The van der Waals surface area contributed by atoms with Gasteiger partial charge in [0.05, 0.1) is 34.6 Å². The molecule has 0 aliphatic carbocycles. The standard InChI is InChI=1S/C16H12N2O3/c19-11-7-10-14(18-6-5-17-10)13-12(11)15(20)8-3-1-2-4-9(8)16(13)21/h1-4,7,19-21H,5-6H2. The van der Waals surface area contributed by atoms with E-state index in [1.807, 2.05) is 0 Å². The minimum absolute atomic E-state index is 0.00593. The molecule has 3 aromatic rings. The number of phenolic OH excluding ortho intramolecular Hbond substituents is 3. The predicted molar refractivity (Wildman–Crippen MR) is 78.5 cm³/mol. The van der Waals surface area contributed by atoms with Gasteiger partial charge in [0.15, 0.2) is 0 Å². The van der Waals surface area contributed by atoms with E-state index in [-0.39, 0.29) is 22.6 Å². The Hall–Kier alpha value is -2.82.